The highest BCUT2D eigenvalue weighted by atomic mass is 79.9. The lowest BCUT2D eigenvalue weighted by molar-refractivity contribution is 0.0931. The van der Waals surface area contributed by atoms with Crippen molar-refractivity contribution in [2.24, 2.45) is 0 Å². The molecule has 0 aliphatic heterocycles. The van der Waals surface area contributed by atoms with Gasteiger partial charge in [-0.2, -0.15) is 0 Å². The maximum absolute atomic E-state index is 13.7. The summed E-state index contributed by atoms with van der Waals surface area (Å²) in [7, 11) is 0. The largest absolute Gasteiger partial charge is 0.348 e. The molecule has 1 aliphatic carbocycles. The van der Waals surface area contributed by atoms with E-state index in [2.05, 4.69) is 21.2 Å². The lowest BCUT2D eigenvalue weighted by Crippen LogP contribution is -2.40. The molecule has 0 saturated heterocycles. The van der Waals surface area contributed by atoms with E-state index in [9.17, 15) is 9.18 Å². The molecule has 0 aromatic heterocycles. The minimum Gasteiger partial charge on any atom is -0.348 e. The Bertz CT molecular complexity index is 469. The zero-order valence-electron chi connectivity index (χ0n) is 10.5. The number of carbonyl (C=O) groups is 1. The van der Waals surface area contributed by atoms with Crippen molar-refractivity contribution in [3.05, 3.63) is 34.6 Å². The van der Waals surface area contributed by atoms with E-state index in [-0.39, 0.29) is 22.3 Å². The molecule has 19 heavy (non-hydrogen) atoms. The molecule has 5 heteroatoms. The van der Waals surface area contributed by atoms with Gasteiger partial charge in [0.2, 0.25) is 0 Å². The second kappa shape index (κ2) is 6.71. The van der Waals surface area contributed by atoms with Crippen molar-refractivity contribution in [1.29, 1.82) is 0 Å². The van der Waals surface area contributed by atoms with Crippen LogP contribution >= 0.6 is 27.5 Å². The average molecular weight is 349 g/mol. The summed E-state index contributed by atoms with van der Waals surface area (Å²) in [6.45, 7) is 0. The zero-order valence-corrected chi connectivity index (χ0v) is 12.8. The molecule has 2 atom stereocenters. The molecule has 1 aliphatic rings. The number of hydrogen-bond donors (Lipinski definition) is 1. The van der Waals surface area contributed by atoms with Crippen LogP contribution in [0.2, 0.25) is 5.02 Å². The number of halogens is 3. The van der Waals surface area contributed by atoms with Gasteiger partial charge in [-0.1, -0.05) is 46.8 Å². The number of amides is 1. The monoisotopic (exact) mass is 347 g/mol. The highest BCUT2D eigenvalue weighted by molar-refractivity contribution is 9.09. The third-order valence-electron chi connectivity index (χ3n) is 3.42. The molecule has 1 amide bonds. The van der Waals surface area contributed by atoms with Gasteiger partial charge in [0.1, 0.15) is 5.82 Å². The lowest BCUT2D eigenvalue weighted by atomic mass is 10.1. The van der Waals surface area contributed by atoms with Crippen molar-refractivity contribution >= 4 is 33.4 Å². The number of rotatable bonds is 2. The Labute approximate surface area is 125 Å². The van der Waals surface area contributed by atoms with Crippen LogP contribution in [0, 0.1) is 5.82 Å². The fourth-order valence-electron chi connectivity index (χ4n) is 2.34. The van der Waals surface area contributed by atoms with Gasteiger partial charge in [0.05, 0.1) is 5.56 Å². The first-order valence-electron chi connectivity index (χ1n) is 6.48. The van der Waals surface area contributed by atoms with Crippen LogP contribution in [0.15, 0.2) is 18.2 Å². The minimum atomic E-state index is -0.579. The summed E-state index contributed by atoms with van der Waals surface area (Å²) in [6.07, 6.45) is 5.41. The summed E-state index contributed by atoms with van der Waals surface area (Å²) >= 11 is 9.29. The Morgan fingerprint density at radius 2 is 2.05 bits per heavy atom. The first-order valence-corrected chi connectivity index (χ1v) is 7.77. The summed E-state index contributed by atoms with van der Waals surface area (Å²) in [6, 6.07) is 4.17. The fraction of sp³-hybridized carbons (Fsp3) is 0.500. The second-order valence-corrected chi connectivity index (χ2v) is 6.47. The van der Waals surface area contributed by atoms with E-state index in [0.717, 1.165) is 31.7 Å². The predicted molar refractivity (Wildman–Crippen MR) is 78.5 cm³/mol. The van der Waals surface area contributed by atoms with Gasteiger partial charge in [-0.15, -0.1) is 0 Å². The third kappa shape index (κ3) is 3.93. The van der Waals surface area contributed by atoms with Crippen LogP contribution in [0.3, 0.4) is 0 Å². The summed E-state index contributed by atoms with van der Waals surface area (Å²) < 4.78 is 13.7. The fourth-order valence-corrected chi connectivity index (χ4v) is 3.22. The van der Waals surface area contributed by atoms with Crippen LogP contribution in [-0.4, -0.2) is 16.8 Å². The predicted octanol–water partition coefficient (Wildman–Crippen LogP) is 4.31. The van der Waals surface area contributed by atoms with E-state index in [4.69, 9.17) is 11.6 Å². The Morgan fingerprint density at radius 1 is 1.32 bits per heavy atom. The molecule has 1 N–H and O–H groups in total. The van der Waals surface area contributed by atoms with Crippen LogP contribution in [-0.2, 0) is 0 Å². The SMILES string of the molecule is O=C(NC1CCCCCC1Br)c1ccc(Cl)cc1F. The van der Waals surface area contributed by atoms with E-state index in [0.29, 0.717) is 5.02 Å². The number of nitrogens with one attached hydrogen (secondary N) is 1. The molecule has 0 radical (unpaired) electrons. The van der Waals surface area contributed by atoms with Gasteiger partial charge < -0.3 is 5.32 Å². The molecule has 0 bridgehead atoms. The van der Waals surface area contributed by atoms with Crippen LogP contribution in [0.25, 0.3) is 0 Å². The summed E-state index contributed by atoms with van der Waals surface area (Å²) in [5.41, 5.74) is 0.0494. The van der Waals surface area contributed by atoms with Crippen molar-refractivity contribution in [3.63, 3.8) is 0 Å². The van der Waals surface area contributed by atoms with Gasteiger partial charge in [0, 0.05) is 15.9 Å². The summed E-state index contributed by atoms with van der Waals surface area (Å²) in [5, 5.41) is 3.21. The number of carbonyl (C=O) groups excluding carboxylic acids is 1. The molecule has 1 aromatic rings. The first kappa shape index (κ1) is 14.8. The second-order valence-electron chi connectivity index (χ2n) is 4.86. The molecule has 1 saturated carbocycles. The van der Waals surface area contributed by atoms with E-state index in [1.807, 2.05) is 0 Å². The van der Waals surface area contributed by atoms with Crippen molar-refractivity contribution in [1.82, 2.24) is 5.32 Å². The van der Waals surface area contributed by atoms with Crippen molar-refractivity contribution in [2.45, 2.75) is 43.0 Å². The molecule has 1 aromatic carbocycles. The lowest BCUT2D eigenvalue weighted by Gasteiger charge is -2.21. The third-order valence-corrected chi connectivity index (χ3v) is 4.75. The van der Waals surface area contributed by atoms with Crippen LogP contribution in [0.1, 0.15) is 42.5 Å². The Hall–Kier alpha value is -0.610. The number of alkyl halides is 1. The highest BCUT2D eigenvalue weighted by Crippen LogP contribution is 2.24. The Balaban J connectivity index is 2.07. The topological polar surface area (TPSA) is 29.1 Å². The van der Waals surface area contributed by atoms with Crippen LogP contribution < -0.4 is 5.32 Å². The average Bonchev–Trinajstić information content (AvgIpc) is 2.55. The van der Waals surface area contributed by atoms with Crippen molar-refractivity contribution in [3.8, 4) is 0 Å². The quantitative estimate of drug-likeness (QED) is 0.626. The smallest absolute Gasteiger partial charge is 0.254 e. The Kier molecular flexibility index (Phi) is 5.22. The molecular formula is C14H16BrClFNO. The highest BCUT2D eigenvalue weighted by Gasteiger charge is 2.24. The number of benzene rings is 1. The summed E-state index contributed by atoms with van der Waals surface area (Å²) in [4.78, 5) is 12.3. The molecule has 104 valence electrons. The van der Waals surface area contributed by atoms with Gasteiger partial charge in [0.15, 0.2) is 0 Å². The van der Waals surface area contributed by atoms with Gasteiger partial charge in [-0.3, -0.25) is 4.79 Å². The normalized spacial score (nSPS) is 23.7. The van der Waals surface area contributed by atoms with E-state index in [1.165, 1.54) is 18.6 Å². The Morgan fingerprint density at radius 3 is 2.79 bits per heavy atom. The van der Waals surface area contributed by atoms with E-state index < -0.39 is 5.82 Å². The van der Waals surface area contributed by atoms with Crippen molar-refractivity contribution in [2.75, 3.05) is 0 Å². The zero-order chi connectivity index (χ0) is 13.8. The molecule has 1 fully saturated rings. The molecule has 0 spiro atoms. The van der Waals surface area contributed by atoms with Gasteiger partial charge in [0.25, 0.3) is 5.91 Å². The maximum atomic E-state index is 13.7. The molecule has 2 nitrogen and oxygen atoms in total. The summed E-state index contributed by atoms with van der Waals surface area (Å²) in [5.74, 6) is -0.949. The standard InChI is InChI=1S/C14H16BrClFNO/c15-11-4-2-1-3-5-13(11)18-14(19)10-7-6-9(16)8-12(10)17/h6-8,11,13H,1-5H2,(H,18,19). The molecule has 2 unspecified atom stereocenters. The van der Waals surface area contributed by atoms with Crippen molar-refractivity contribution < 1.29 is 9.18 Å². The molecular weight excluding hydrogens is 333 g/mol. The van der Waals surface area contributed by atoms with Gasteiger partial charge in [-0.25, -0.2) is 4.39 Å². The minimum absolute atomic E-state index is 0.0494. The first-order chi connectivity index (χ1) is 9.08. The van der Waals surface area contributed by atoms with Crippen LogP contribution in [0.5, 0.6) is 0 Å². The number of hydrogen-bond acceptors (Lipinski definition) is 1. The van der Waals surface area contributed by atoms with Gasteiger partial charge >= 0.3 is 0 Å². The van der Waals surface area contributed by atoms with Gasteiger partial charge in [-0.05, 0) is 31.0 Å². The van der Waals surface area contributed by atoms with Crippen LogP contribution in [0.4, 0.5) is 4.39 Å². The van der Waals surface area contributed by atoms with E-state index in [1.54, 1.807) is 0 Å². The molecule has 2 rings (SSSR count). The molecule has 0 heterocycles. The maximum Gasteiger partial charge on any atom is 0.254 e. The van der Waals surface area contributed by atoms with E-state index >= 15 is 0 Å².